The number of carboxylic acid groups (broad SMARTS) is 1. The molecular weight excluding hydrogens is 695 g/mol. The van der Waals surface area contributed by atoms with Gasteiger partial charge in [-0.15, -0.1) is 16.9 Å². The summed E-state index contributed by atoms with van der Waals surface area (Å²) in [6.07, 6.45) is 3.22. The molecule has 3 aromatic rings. The molecule has 264 valence electrons. The van der Waals surface area contributed by atoms with E-state index in [1.807, 2.05) is 0 Å². The number of H-pyrrole nitrogens is 1. The highest BCUT2D eigenvalue weighted by molar-refractivity contribution is 8.01. The average molecular weight is 728 g/mol. The van der Waals surface area contributed by atoms with Gasteiger partial charge in [0, 0.05) is 24.6 Å². The molecule has 2 aromatic heterocycles. The van der Waals surface area contributed by atoms with Crippen molar-refractivity contribution in [2.75, 3.05) is 21.7 Å². The number of aliphatic hydroxyl groups is 1. The Morgan fingerprint density at radius 2 is 1.90 bits per heavy atom. The van der Waals surface area contributed by atoms with Crippen LogP contribution >= 0.6 is 23.5 Å². The van der Waals surface area contributed by atoms with Crippen molar-refractivity contribution in [3.8, 4) is 5.75 Å². The molecule has 3 aliphatic rings. The highest BCUT2D eigenvalue weighted by Crippen LogP contribution is 2.42. The molecule has 4 heterocycles. The number of aliphatic hydroxyl groups excluding tert-OH is 1. The molecule has 1 saturated carbocycles. The number of benzene rings is 1. The van der Waals surface area contributed by atoms with Crippen molar-refractivity contribution in [2.24, 2.45) is 12.8 Å². The van der Waals surface area contributed by atoms with Gasteiger partial charge in [0.25, 0.3) is 11.5 Å². The first-order valence-corrected chi connectivity index (χ1v) is 17.4. The minimum Gasteiger partial charge on any atom is -0.508 e. The Hall–Kier alpha value is -5.15. The number of carboxylic acids is 1. The van der Waals surface area contributed by atoms with E-state index in [0.29, 0.717) is 36.4 Å². The summed E-state index contributed by atoms with van der Waals surface area (Å²) >= 11 is 2.46. The lowest BCUT2D eigenvalue weighted by Gasteiger charge is -2.49. The molecule has 1 aliphatic carbocycles. The van der Waals surface area contributed by atoms with Crippen molar-refractivity contribution < 1.29 is 34.5 Å². The lowest BCUT2D eigenvalue weighted by Crippen LogP contribution is -2.71. The van der Waals surface area contributed by atoms with Crippen molar-refractivity contribution in [1.29, 1.82) is 0 Å². The fraction of sp³-hybridized carbons (Fsp3) is 0.414. The number of carbonyl (C=O) groups is 4. The standard InChI is InChI=1S/C29H33N11O8S2/c1-38-29(35-36-37-38)50-12-14-11-49-25-19(24(45)40(25)21(14)26(46)47)33-23(44)20(13-2-6-16(41)7-3-13)39(27(30)48)18-10-31-28(34-22(18)43)32-15-4-8-17(42)9-5-15/h2-3,6-7,10,15,17,19-20,25,41-42H,4-5,8-9,11-12H2,1H3,(H2,30,48)(H,33,44)(H,46,47)(H2,31,32,34,43)/t15?,17?,19?,20?,25-/m0/s1. The largest absolute Gasteiger partial charge is 0.508 e. The number of anilines is 2. The van der Waals surface area contributed by atoms with Gasteiger partial charge in [-0.3, -0.25) is 29.2 Å². The molecule has 2 fully saturated rings. The highest BCUT2D eigenvalue weighted by Gasteiger charge is 2.55. The Kier molecular flexibility index (Phi) is 9.97. The van der Waals surface area contributed by atoms with E-state index >= 15 is 0 Å². The molecule has 0 radical (unpaired) electrons. The number of aromatic nitrogens is 6. The third-order valence-corrected chi connectivity index (χ3v) is 11.0. The van der Waals surface area contributed by atoms with Gasteiger partial charge in [0.05, 0.1) is 12.3 Å². The third-order valence-electron chi connectivity index (χ3n) is 8.53. The number of amides is 4. The van der Waals surface area contributed by atoms with Gasteiger partial charge in [0.1, 0.15) is 34.6 Å². The Balaban J connectivity index is 1.24. The van der Waals surface area contributed by atoms with E-state index in [4.69, 9.17) is 5.73 Å². The maximum atomic E-state index is 14.1. The van der Waals surface area contributed by atoms with Gasteiger partial charge in [0.2, 0.25) is 17.0 Å². The monoisotopic (exact) mass is 727 g/mol. The van der Waals surface area contributed by atoms with Gasteiger partial charge >= 0.3 is 12.0 Å². The van der Waals surface area contributed by atoms with Crippen LogP contribution in [0, 0.1) is 0 Å². The molecule has 4 amide bonds. The van der Waals surface area contributed by atoms with Crippen LogP contribution in [-0.4, -0.2) is 109 Å². The molecule has 1 saturated heterocycles. The van der Waals surface area contributed by atoms with E-state index in [9.17, 15) is 39.3 Å². The molecule has 1 aromatic carbocycles. The summed E-state index contributed by atoms with van der Waals surface area (Å²) in [6, 6.07) is 1.26. The number of aromatic amines is 1. The zero-order valence-corrected chi connectivity index (χ0v) is 28.1. The summed E-state index contributed by atoms with van der Waals surface area (Å²) < 4.78 is 1.43. The van der Waals surface area contributed by atoms with E-state index in [0.717, 1.165) is 16.0 Å². The van der Waals surface area contributed by atoms with Crippen LogP contribution in [0.4, 0.5) is 16.4 Å². The molecule has 8 N–H and O–H groups in total. The summed E-state index contributed by atoms with van der Waals surface area (Å²) in [5.74, 6) is -2.47. The van der Waals surface area contributed by atoms with Gasteiger partial charge < -0.3 is 31.7 Å². The lowest BCUT2D eigenvalue weighted by molar-refractivity contribution is -0.150. The Morgan fingerprint density at radius 3 is 2.52 bits per heavy atom. The number of phenols is 1. The first-order chi connectivity index (χ1) is 23.9. The van der Waals surface area contributed by atoms with Crippen LogP contribution in [-0.2, 0) is 21.4 Å². The number of aliphatic carboxylic acids is 1. The molecule has 50 heavy (non-hydrogen) atoms. The number of nitrogens with zero attached hydrogens (tertiary/aromatic N) is 7. The normalized spacial score (nSPS) is 22.3. The molecule has 0 bridgehead atoms. The van der Waals surface area contributed by atoms with Crippen LogP contribution in [0.15, 0.2) is 51.7 Å². The SMILES string of the molecule is Cn1nnnc1SCC1=C(C(=O)O)N2C(=O)C(NC(=O)C(c3ccc(O)cc3)N(C(N)=O)c3cnc(NC4CCC(O)CC4)[nH]c3=O)[C@@H]2SC1. The fourth-order valence-corrected chi connectivity index (χ4v) is 8.36. The van der Waals surface area contributed by atoms with Gasteiger partial charge in [-0.25, -0.2) is 19.3 Å². The predicted molar refractivity (Wildman–Crippen MR) is 179 cm³/mol. The van der Waals surface area contributed by atoms with E-state index in [1.165, 1.54) is 52.5 Å². The summed E-state index contributed by atoms with van der Waals surface area (Å²) in [4.78, 5) is 74.9. The second kappa shape index (κ2) is 14.4. The summed E-state index contributed by atoms with van der Waals surface area (Å²) in [5, 5.41) is 46.4. The first-order valence-electron chi connectivity index (χ1n) is 15.4. The number of nitrogens with two attached hydrogens (primary N) is 1. The minimum atomic E-state index is -1.61. The van der Waals surface area contributed by atoms with Crippen LogP contribution in [0.2, 0.25) is 0 Å². The molecule has 19 nitrogen and oxygen atoms in total. The number of tetrazole rings is 1. The second-order valence-corrected chi connectivity index (χ2v) is 13.9. The van der Waals surface area contributed by atoms with Crippen LogP contribution in [0.1, 0.15) is 37.3 Å². The molecule has 0 spiro atoms. The Morgan fingerprint density at radius 1 is 1.18 bits per heavy atom. The smallest absolute Gasteiger partial charge is 0.352 e. The number of phenolic OH excluding ortho intramolecular Hbond substituents is 1. The molecule has 3 atom stereocenters. The number of β-lactam (4-membered cyclic amide) rings is 1. The maximum absolute atomic E-state index is 14.1. The number of nitrogens with one attached hydrogen (secondary N) is 3. The van der Waals surface area contributed by atoms with Gasteiger partial charge in [0.15, 0.2) is 0 Å². The maximum Gasteiger partial charge on any atom is 0.352 e. The zero-order valence-electron chi connectivity index (χ0n) is 26.4. The van der Waals surface area contributed by atoms with Crippen LogP contribution in [0.25, 0.3) is 0 Å². The quantitative estimate of drug-likeness (QED) is 0.100. The fourth-order valence-electron chi connectivity index (χ4n) is 6.03. The number of fused-ring (bicyclic) bond motifs is 1. The van der Waals surface area contributed by atoms with E-state index in [-0.39, 0.29) is 52.3 Å². The number of aromatic hydroxyl groups is 1. The number of urea groups is 1. The molecule has 6 rings (SSSR count). The third kappa shape index (κ3) is 6.96. The van der Waals surface area contributed by atoms with Crippen LogP contribution in [0.5, 0.6) is 5.75 Å². The number of aryl methyl sites for hydroxylation is 1. The first kappa shape index (κ1) is 34.7. The van der Waals surface area contributed by atoms with E-state index < -0.39 is 46.8 Å². The number of hydrogen-bond donors (Lipinski definition) is 7. The number of carbonyl (C=O) groups excluding carboxylic acids is 3. The van der Waals surface area contributed by atoms with Crippen LogP contribution in [0.3, 0.4) is 0 Å². The lowest BCUT2D eigenvalue weighted by atomic mass is 9.93. The van der Waals surface area contributed by atoms with Crippen LogP contribution < -0.4 is 26.8 Å². The number of primary amides is 1. The van der Waals surface area contributed by atoms with E-state index in [1.54, 1.807) is 7.05 Å². The molecule has 2 unspecified atom stereocenters. The molecular formula is C29H33N11O8S2. The average Bonchev–Trinajstić information content (AvgIpc) is 3.50. The highest BCUT2D eigenvalue weighted by atomic mass is 32.2. The molecule has 21 heteroatoms. The number of hydrogen-bond acceptors (Lipinski definition) is 14. The van der Waals surface area contributed by atoms with E-state index in [2.05, 4.69) is 36.1 Å². The number of rotatable bonds is 11. The Labute approximate surface area is 291 Å². The van der Waals surface area contributed by atoms with Crippen molar-refractivity contribution in [3.05, 3.63) is 57.6 Å². The molecule has 2 aliphatic heterocycles. The second-order valence-electron chi connectivity index (χ2n) is 11.8. The summed E-state index contributed by atoms with van der Waals surface area (Å²) in [5.41, 5.74) is 5.03. The van der Waals surface area contributed by atoms with Crippen molar-refractivity contribution in [1.82, 2.24) is 40.4 Å². The van der Waals surface area contributed by atoms with Gasteiger partial charge in [-0.2, -0.15) is 0 Å². The zero-order chi connectivity index (χ0) is 35.7. The van der Waals surface area contributed by atoms with Gasteiger partial charge in [-0.1, -0.05) is 23.9 Å². The van der Waals surface area contributed by atoms with Crippen molar-refractivity contribution in [3.63, 3.8) is 0 Å². The Bertz CT molecular complexity index is 1890. The number of thioether (sulfide) groups is 2. The van der Waals surface area contributed by atoms with Gasteiger partial charge in [-0.05, 0) is 59.4 Å². The van der Waals surface area contributed by atoms with Crippen molar-refractivity contribution >= 4 is 59.0 Å². The van der Waals surface area contributed by atoms with Crippen molar-refractivity contribution in [2.45, 2.75) is 60.4 Å². The topological polar surface area (TPSA) is 275 Å². The summed E-state index contributed by atoms with van der Waals surface area (Å²) in [6.45, 7) is 0. The minimum absolute atomic E-state index is 0.0472. The predicted octanol–water partition coefficient (Wildman–Crippen LogP) is -0.128. The summed E-state index contributed by atoms with van der Waals surface area (Å²) in [7, 11) is 1.64.